The Morgan fingerprint density at radius 2 is 1.88 bits per heavy atom. The molecule has 9 nitrogen and oxygen atoms in total. The number of nitrogens with zero attached hydrogens (tertiary/aromatic N) is 4. The minimum atomic E-state index is -0.0815. The number of hydrogen-bond donors (Lipinski definition) is 3. The van der Waals surface area contributed by atoms with Gasteiger partial charge in [-0.1, -0.05) is 12.1 Å². The lowest BCUT2D eigenvalue weighted by Gasteiger charge is -2.11. The lowest BCUT2D eigenvalue weighted by molar-refractivity contribution is -0.121. The van der Waals surface area contributed by atoms with Crippen LogP contribution in [0.5, 0.6) is 5.75 Å². The maximum absolute atomic E-state index is 12.3. The molecule has 4 aromatic rings. The Kier molecular flexibility index (Phi) is 6.45. The van der Waals surface area contributed by atoms with Crippen LogP contribution in [0.15, 0.2) is 60.9 Å². The third-order valence-electron chi connectivity index (χ3n) is 4.79. The molecule has 0 radical (unpaired) electrons. The number of ether oxygens (including phenoxy) is 1. The zero-order valence-corrected chi connectivity index (χ0v) is 18.0. The molecule has 0 bridgehead atoms. The summed E-state index contributed by atoms with van der Waals surface area (Å²) in [7, 11) is 1.64. The average Bonchev–Trinajstić information content (AvgIpc) is 3.20. The Labute approximate surface area is 185 Å². The highest BCUT2D eigenvalue weighted by Gasteiger charge is 2.07. The Morgan fingerprint density at radius 1 is 1.06 bits per heavy atom. The summed E-state index contributed by atoms with van der Waals surface area (Å²) >= 11 is 0. The van der Waals surface area contributed by atoms with Gasteiger partial charge < -0.3 is 25.3 Å². The first-order valence-electron chi connectivity index (χ1n) is 10.3. The number of carbonyl (C=O) groups excluding carboxylic acids is 1. The molecule has 0 fully saturated rings. The molecular weight excluding hydrogens is 406 g/mol. The van der Waals surface area contributed by atoms with E-state index < -0.39 is 0 Å². The number of nitrogens with one attached hydrogen (secondary N) is 3. The van der Waals surface area contributed by atoms with Crippen molar-refractivity contribution in [1.29, 1.82) is 0 Å². The van der Waals surface area contributed by atoms with Crippen LogP contribution in [0.25, 0.3) is 11.0 Å². The number of aromatic nitrogens is 4. The molecule has 0 spiro atoms. The van der Waals surface area contributed by atoms with Gasteiger partial charge in [-0.2, -0.15) is 4.98 Å². The molecule has 1 amide bonds. The molecule has 2 aromatic heterocycles. The van der Waals surface area contributed by atoms with Gasteiger partial charge in [0.1, 0.15) is 18.1 Å². The van der Waals surface area contributed by atoms with Crippen LogP contribution in [0.3, 0.4) is 0 Å². The van der Waals surface area contributed by atoms with Gasteiger partial charge in [0, 0.05) is 30.5 Å². The fourth-order valence-electron chi connectivity index (χ4n) is 3.26. The second-order valence-corrected chi connectivity index (χ2v) is 7.21. The van der Waals surface area contributed by atoms with Gasteiger partial charge in [-0.25, -0.2) is 9.97 Å². The number of carbonyl (C=O) groups is 1. The van der Waals surface area contributed by atoms with Crippen LogP contribution in [0.4, 0.5) is 17.5 Å². The minimum absolute atomic E-state index is 0.0815. The predicted molar refractivity (Wildman–Crippen MR) is 124 cm³/mol. The molecule has 9 heteroatoms. The highest BCUT2D eigenvalue weighted by Crippen LogP contribution is 2.20. The quantitative estimate of drug-likeness (QED) is 0.350. The molecule has 0 saturated carbocycles. The van der Waals surface area contributed by atoms with Crippen LogP contribution in [0, 0.1) is 6.92 Å². The Bertz CT molecular complexity index is 1200. The van der Waals surface area contributed by atoms with E-state index in [1.807, 2.05) is 66.1 Å². The van der Waals surface area contributed by atoms with Crippen LogP contribution in [0.1, 0.15) is 5.69 Å². The Hall–Kier alpha value is -4.14. The lowest BCUT2D eigenvalue weighted by Crippen LogP contribution is -2.31. The van der Waals surface area contributed by atoms with E-state index in [-0.39, 0.29) is 12.5 Å². The molecule has 4 rings (SSSR count). The predicted octanol–water partition coefficient (Wildman–Crippen LogP) is 3.12. The summed E-state index contributed by atoms with van der Waals surface area (Å²) in [5.41, 5.74) is 3.53. The fraction of sp³-hybridized carbons (Fsp3) is 0.217. The summed E-state index contributed by atoms with van der Waals surface area (Å²) in [6, 6.07) is 17.2. The molecule has 164 valence electrons. The van der Waals surface area contributed by atoms with E-state index in [2.05, 4.69) is 30.9 Å². The summed E-state index contributed by atoms with van der Waals surface area (Å²) in [4.78, 5) is 25.5. The summed E-state index contributed by atoms with van der Waals surface area (Å²) in [6.07, 6.45) is 1.68. The van der Waals surface area contributed by atoms with E-state index in [1.54, 1.807) is 13.4 Å². The van der Waals surface area contributed by atoms with Crippen molar-refractivity contribution < 1.29 is 9.53 Å². The van der Waals surface area contributed by atoms with E-state index in [4.69, 9.17) is 4.74 Å². The van der Waals surface area contributed by atoms with E-state index in [0.29, 0.717) is 24.9 Å². The minimum Gasteiger partial charge on any atom is -0.497 e. The maximum atomic E-state index is 12.3. The molecule has 0 saturated heterocycles. The second kappa shape index (κ2) is 9.78. The van der Waals surface area contributed by atoms with E-state index in [0.717, 1.165) is 28.2 Å². The average molecular weight is 432 g/mol. The van der Waals surface area contributed by atoms with Gasteiger partial charge in [0.2, 0.25) is 11.9 Å². The van der Waals surface area contributed by atoms with Crippen LogP contribution in [0.2, 0.25) is 0 Å². The molecule has 0 aliphatic rings. The highest BCUT2D eigenvalue weighted by atomic mass is 16.5. The fourth-order valence-corrected chi connectivity index (χ4v) is 3.26. The van der Waals surface area contributed by atoms with Crippen molar-refractivity contribution in [2.75, 3.05) is 30.8 Å². The van der Waals surface area contributed by atoms with Crippen molar-refractivity contribution in [3.05, 3.63) is 66.6 Å². The van der Waals surface area contributed by atoms with Gasteiger partial charge >= 0.3 is 0 Å². The van der Waals surface area contributed by atoms with Crippen LogP contribution < -0.4 is 20.7 Å². The van der Waals surface area contributed by atoms with Crippen molar-refractivity contribution >= 4 is 34.4 Å². The largest absolute Gasteiger partial charge is 0.497 e. The Morgan fingerprint density at radius 3 is 2.69 bits per heavy atom. The standard InChI is InChI=1S/C23H25N7O2/c1-16-13-21(28-17-7-9-18(32-2)10-8-17)29-23(27-16)25-12-11-24-22(31)14-30-15-26-19-5-3-4-6-20(19)30/h3-10,13,15H,11-12,14H2,1-2H3,(H,24,31)(H2,25,27,28,29). The SMILES string of the molecule is COc1ccc(Nc2cc(C)nc(NCCNC(=O)Cn3cnc4ccccc43)n2)cc1. The number of hydrogen-bond acceptors (Lipinski definition) is 7. The van der Waals surface area contributed by atoms with E-state index in [1.165, 1.54) is 0 Å². The third kappa shape index (κ3) is 5.31. The normalized spacial score (nSPS) is 10.7. The van der Waals surface area contributed by atoms with Gasteiger partial charge in [0.25, 0.3) is 0 Å². The smallest absolute Gasteiger partial charge is 0.240 e. The number of amides is 1. The molecule has 0 aliphatic carbocycles. The van der Waals surface area contributed by atoms with E-state index >= 15 is 0 Å². The molecule has 0 aliphatic heterocycles. The Balaban J connectivity index is 1.27. The van der Waals surface area contributed by atoms with Crippen LogP contribution in [-0.4, -0.2) is 45.6 Å². The van der Waals surface area contributed by atoms with Gasteiger partial charge in [-0.3, -0.25) is 4.79 Å². The maximum Gasteiger partial charge on any atom is 0.240 e. The summed E-state index contributed by atoms with van der Waals surface area (Å²) < 4.78 is 7.01. The number of anilines is 3. The first-order valence-corrected chi connectivity index (χ1v) is 10.3. The lowest BCUT2D eigenvalue weighted by atomic mass is 10.3. The molecule has 0 unspecified atom stereocenters. The van der Waals surface area contributed by atoms with Gasteiger partial charge in [-0.15, -0.1) is 0 Å². The van der Waals surface area contributed by atoms with Crippen molar-refractivity contribution in [3.63, 3.8) is 0 Å². The summed E-state index contributed by atoms with van der Waals surface area (Å²) in [5.74, 6) is 1.89. The van der Waals surface area contributed by atoms with Gasteiger partial charge in [0.05, 0.1) is 24.5 Å². The van der Waals surface area contributed by atoms with Gasteiger partial charge in [-0.05, 0) is 43.3 Å². The number of imidazole rings is 1. The number of fused-ring (bicyclic) bond motifs is 1. The summed E-state index contributed by atoms with van der Waals surface area (Å²) in [6.45, 7) is 3.08. The van der Waals surface area contributed by atoms with Gasteiger partial charge in [0.15, 0.2) is 0 Å². The van der Waals surface area contributed by atoms with E-state index in [9.17, 15) is 4.79 Å². The number of methoxy groups -OCH3 is 1. The highest BCUT2D eigenvalue weighted by molar-refractivity contribution is 5.80. The molecule has 3 N–H and O–H groups in total. The molecular formula is C23H25N7O2. The van der Waals surface area contributed by atoms with Crippen molar-refractivity contribution in [2.24, 2.45) is 0 Å². The summed E-state index contributed by atoms with van der Waals surface area (Å²) in [5, 5.41) is 9.32. The topological polar surface area (TPSA) is 106 Å². The molecule has 2 heterocycles. The third-order valence-corrected chi connectivity index (χ3v) is 4.79. The number of benzene rings is 2. The molecule has 2 aromatic carbocycles. The van der Waals surface area contributed by atoms with Crippen molar-refractivity contribution in [3.8, 4) is 5.75 Å². The van der Waals surface area contributed by atoms with Crippen LogP contribution in [-0.2, 0) is 11.3 Å². The monoisotopic (exact) mass is 431 g/mol. The number of para-hydroxylation sites is 2. The van der Waals surface area contributed by atoms with Crippen LogP contribution >= 0.6 is 0 Å². The second-order valence-electron chi connectivity index (χ2n) is 7.21. The van der Waals surface area contributed by atoms with Crippen molar-refractivity contribution in [1.82, 2.24) is 24.8 Å². The molecule has 0 atom stereocenters. The first-order chi connectivity index (χ1) is 15.6. The first kappa shape index (κ1) is 21.1. The number of rotatable bonds is 9. The van der Waals surface area contributed by atoms with Crippen molar-refractivity contribution in [2.45, 2.75) is 13.5 Å². The molecule has 32 heavy (non-hydrogen) atoms. The zero-order chi connectivity index (χ0) is 22.3. The zero-order valence-electron chi connectivity index (χ0n) is 18.0. The number of aryl methyl sites for hydroxylation is 1.